The van der Waals surface area contributed by atoms with Gasteiger partial charge in [0.25, 0.3) is 0 Å². The Labute approximate surface area is 111 Å². The third-order valence-electron chi connectivity index (χ3n) is 3.53. The highest BCUT2D eigenvalue weighted by molar-refractivity contribution is 9.10. The number of ether oxygens (including phenoxy) is 1. The van der Waals surface area contributed by atoms with Crippen molar-refractivity contribution in [2.45, 2.75) is 12.5 Å². The highest BCUT2D eigenvalue weighted by Gasteiger charge is 2.30. The molecule has 0 radical (unpaired) electrons. The zero-order valence-corrected chi connectivity index (χ0v) is 11.9. The maximum atomic E-state index is 5.76. The van der Waals surface area contributed by atoms with Gasteiger partial charge in [-0.2, -0.15) is 0 Å². The number of nitrogens with two attached hydrogens (primary N) is 1. The first-order chi connectivity index (χ1) is 8.15. The van der Waals surface area contributed by atoms with E-state index in [-0.39, 0.29) is 0 Å². The van der Waals surface area contributed by atoms with Gasteiger partial charge in [0.1, 0.15) is 5.75 Å². The molecule has 0 saturated carbocycles. The summed E-state index contributed by atoms with van der Waals surface area (Å²) >= 11 is 3.63. The van der Waals surface area contributed by atoms with Crippen LogP contribution in [0.4, 0.5) is 0 Å². The standard InChI is InChI=1S/C13H19BrN2O/c1-16-8-9(7-15)5-13(16)11-4-3-10(17-2)6-12(11)14/h3-4,6,9,13H,5,7-8,15H2,1-2H3. The van der Waals surface area contributed by atoms with Crippen LogP contribution in [0.2, 0.25) is 0 Å². The number of halogens is 1. The number of benzene rings is 1. The molecule has 1 aromatic carbocycles. The normalized spacial score (nSPS) is 25.2. The van der Waals surface area contributed by atoms with Gasteiger partial charge in [0.05, 0.1) is 7.11 Å². The molecule has 1 fully saturated rings. The second-order valence-electron chi connectivity index (χ2n) is 4.68. The van der Waals surface area contributed by atoms with Crippen LogP contribution in [0.5, 0.6) is 5.75 Å². The number of rotatable bonds is 3. The maximum absolute atomic E-state index is 5.76. The number of methoxy groups -OCH3 is 1. The van der Waals surface area contributed by atoms with E-state index in [0.717, 1.165) is 29.7 Å². The molecule has 1 aliphatic rings. The van der Waals surface area contributed by atoms with Crippen molar-refractivity contribution in [2.75, 3.05) is 27.2 Å². The van der Waals surface area contributed by atoms with Crippen molar-refractivity contribution in [2.24, 2.45) is 11.7 Å². The highest BCUT2D eigenvalue weighted by Crippen LogP contribution is 2.38. The first-order valence-electron chi connectivity index (χ1n) is 5.89. The van der Waals surface area contributed by atoms with E-state index < -0.39 is 0 Å². The highest BCUT2D eigenvalue weighted by atomic mass is 79.9. The fraction of sp³-hybridized carbons (Fsp3) is 0.538. The van der Waals surface area contributed by atoms with Crippen molar-refractivity contribution in [3.8, 4) is 5.75 Å². The first-order valence-corrected chi connectivity index (χ1v) is 6.68. The minimum atomic E-state index is 0.462. The van der Waals surface area contributed by atoms with Gasteiger partial charge in [0.15, 0.2) is 0 Å². The first kappa shape index (κ1) is 12.9. The molecule has 2 atom stereocenters. The summed E-state index contributed by atoms with van der Waals surface area (Å²) in [5.74, 6) is 1.50. The molecule has 1 saturated heterocycles. The van der Waals surface area contributed by atoms with E-state index in [4.69, 9.17) is 10.5 Å². The summed E-state index contributed by atoms with van der Waals surface area (Å²) in [4.78, 5) is 2.38. The quantitative estimate of drug-likeness (QED) is 0.931. The summed E-state index contributed by atoms with van der Waals surface area (Å²) in [6.45, 7) is 1.86. The Bertz CT molecular complexity index is 397. The van der Waals surface area contributed by atoms with Crippen LogP contribution in [0.1, 0.15) is 18.0 Å². The Morgan fingerprint density at radius 3 is 2.82 bits per heavy atom. The van der Waals surface area contributed by atoms with Crippen LogP contribution in [0.25, 0.3) is 0 Å². The third kappa shape index (κ3) is 2.64. The van der Waals surface area contributed by atoms with Gasteiger partial charge in [0.2, 0.25) is 0 Å². The topological polar surface area (TPSA) is 38.5 Å². The molecule has 2 rings (SSSR count). The maximum Gasteiger partial charge on any atom is 0.120 e. The lowest BCUT2D eigenvalue weighted by Gasteiger charge is -2.21. The van der Waals surface area contributed by atoms with Crippen molar-refractivity contribution in [1.82, 2.24) is 4.90 Å². The largest absolute Gasteiger partial charge is 0.497 e. The van der Waals surface area contributed by atoms with Gasteiger partial charge in [0, 0.05) is 17.1 Å². The number of hydrogen-bond acceptors (Lipinski definition) is 3. The Morgan fingerprint density at radius 2 is 2.29 bits per heavy atom. The van der Waals surface area contributed by atoms with Gasteiger partial charge in [-0.15, -0.1) is 0 Å². The smallest absolute Gasteiger partial charge is 0.120 e. The Kier molecular flexibility index (Phi) is 4.07. The summed E-state index contributed by atoms with van der Waals surface area (Å²) in [7, 11) is 3.85. The molecule has 1 heterocycles. The van der Waals surface area contributed by atoms with Gasteiger partial charge < -0.3 is 10.5 Å². The molecule has 4 heteroatoms. The molecule has 2 N–H and O–H groups in total. The zero-order chi connectivity index (χ0) is 12.4. The van der Waals surface area contributed by atoms with E-state index >= 15 is 0 Å². The van der Waals surface area contributed by atoms with E-state index in [2.05, 4.69) is 33.9 Å². The van der Waals surface area contributed by atoms with Crippen LogP contribution in [0.3, 0.4) is 0 Å². The van der Waals surface area contributed by atoms with Crippen LogP contribution in [-0.2, 0) is 0 Å². The summed E-state index contributed by atoms with van der Waals surface area (Å²) in [6.07, 6.45) is 1.14. The molecule has 0 bridgehead atoms. The van der Waals surface area contributed by atoms with Crippen molar-refractivity contribution >= 4 is 15.9 Å². The molecule has 0 amide bonds. The molecule has 0 spiro atoms. The van der Waals surface area contributed by atoms with Crippen LogP contribution in [0.15, 0.2) is 22.7 Å². The minimum Gasteiger partial charge on any atom is -0.497 e. The Balaban J connectivity index is 2.22. The van der Waals surface area contributed by atoms with Crippen LogP contribution >= 0.6 is 15.9 Å². The van der Waals surface area contributed by atoms with Crippen LogP contribution < -0.4 is 10.5 Å². The van der Waals surface area contributed by atoms with Gasteiger partial charge >= 0.3 is 0 Å². The minimum absolute atomic E-state index is 0.462. The Morgan fingerprint density at radius 1 is 1.53 bits per heavy atom. The fourth-order valence-corrected chi connectivity index (χ4v) is 3.17. The predicted molar refractivity (Wildman–Crippen MR) is 73.2 cm³/mol. The molecule has 17 heavy (non-hydrogen) atoms. The van der Waals surface area contributed by atoms with Gasteiger partial charge in [-0.1, -0.05) is 22.0 Å². The summed E-state index contributed by atoms with van der Waals surface area (Å²) in [5, 5.41) is 0. The number of hydrogen-bond donors (Lipinski definition) is 1. The summed E-state index contributed by atoms with van der Waals surface area (Å²) in [6, 6.07) is 6.65. The lowest BCUT2D eigenvalue weighted by atomic mass is 10.00. The van der Waals surface area contributed by atoms with Gasteiger partial charge in [-0.05, 0) is 43.6 Å². The SMILES string of the molecule is COc1ccc(C2CC(CN)CN2C)c(Br)c1. The van der Waals surface area contributed by atoms with E-state index in [0.29, 0.717) is 12.0 Å². The van der Waals surface area contributed by atoms with Gasteiger partial charge in [-0.25, -0.2) is 0 Å². The lowest BCUT2D eigenvalue weighted by Crippen LogP contribution is -2.20. The van der Waals surface area contributed by atoms with Gasteiger partial charge in [-0.3, -0.25) is 4.90 Å². The van der Waals surface area contributed by atoms with Crippen molar-refractivity contribution in [1.29, 1.82) is 0 Å². The molecular formula is C13H19BrN2O. The summed E-state index contributed by atoms with van der Waals surface area (Å²) < 4.78 is 6.34. The molecule has 3 nitrogen and oxygen atoms in total. The molecule has 2 unspecified atom stereocenters. The van der Waals surface area contributed by atoms with Crippen molar-refractivity contribution < 1.29 is 4.74 Å². The van der Waals surface area contributed by atoms with E-state index in [1.54, 1.807) is 7.11 Å². The second kappa shape index (κ2) is 5.38. The monoisotopic (exact) mass is 298 g/mol. The molecular weight excluding hydrogens is 280 g/mol. The number of nitrogens with zero attached hydrogens (tertiary/aromatic N) is 1. The molecule has 0 aliphatic carbocycles. The van der Waals surface area contributed by atoms with E-state index in [1.165, 1.54) is 5.56 Å². The van der Waals surface area contributed by atoms with Crippen LogP contribution in [0, 0.1) is 5.92 Å². The second-order valence-corrected chi connectivity index (χ2v) is 5.53. The molecule has 0 aromatic heterocycles. The summed E-state index contributed by atoms with van der Waals surface area (Å²) in [5.41, 5.74) is 7.09. The van der Waals surface area contributed by atoms with E-state index in [9.17, 15) is 0 Å². The third-order valence-corrected chi connectivity index (χ3v) is 4.22. The average Bonchev–Trinajstić information content (AvgIpc) is 2.70. The fourth-order valence-electron chi connectivity index (χ4n) is 2.54. The molecule has 1 aromatic rings. The van der Waals surface area contributed by atoms with E-state index in [1.807, 2.05) is 12.1 Å². The predicted octanol–water partition coefficient (Wildman–Crippen LogP) is 2.41. The molecule has 94 valence electrons. The number of likely N-dealkylation sites (tertiary alicyclic amines) is 1. The lowest BCUT2D eigenvalue weighted by molar-refractivity contribution is 0.312. The average molecular weight is 299 g/mol. The van der Waals surface area contributed by atoms with Crippen molar-refractivity contribution in [3.63, 3.8) is 0 Å². The van der Waals surface area contributed by atoms with Crippen LogP contribution in [-0.4, -0.2) is 32.1 Å². The van der Waals surface area contributed by atoms with Crippen molar-refractivity contribution in [3.05, 3.63) is 28.2 Å². The zero-order valence-electron chi connectivity index (χ0n) is 10.3. The Hall–Kier alpha value is -0.580. The molecule has 1 aliphatic heterocycles.